The van der Waals surface area contributed by atoms with E-state index in [1.807, 2.05) is 12.1 Å². The van der Waals surface area contributed by atoms with Crippen molar-refractivity contribution < 1.29 is 22.7 Å². The summed E-state index contributed by atoms with van der Waals surface area (Å²) in [6, 6.07) is 13.4. The molecular weight excluding hydrogens is 364 g/mol. The van der Waals surface area contributed by atoms with Crippen LogP contribution in [0.2, 0.25) is 0 Å². The van der Waals surface area contributed by atoms with Crippen LogP contribution in [0.4, 0.5) is 0 Å². The number of hydrogen-bond acceptors (Lipinski definition) is 5. The molecule has 2 aromatic carbocycles. The summed E-state index contributed by atoms with van der Waals surface area (Å²) in [7, 11) is -3.14. The molecule has 0 saturated carbocycles. The van der Waals surface area contributed by atoms with E-state index in [0.29, 0.717) is 11.1 Å². The summed E-state index contributed by atoms with van der Waals surface area (Å²) in [6.45, 7) is 5.92. The molecule has 2 aromatic rings. The van der Waals surface area contributed by atoms with Crippen LogP contribution in [0.1, 0.15) is 52.6 Å². The highest BCUT2D eigenvalue weighted by molar-refractivity contribution is 7.89. The summed E-state index contributed by atoms with van der Waals surface area (Å²) in [4.78, 5) is 24.3. The van der Waals surface area contributed by atoms with Crippen molar-refractivity contribution in [2.45, 2.75) is 31.9 Å². The Kier molecular flexibility index (Phi) is 6.21. The Labute approximate surface area is 160 Å². The summed E-state index contributed by atoms with van der Waals surface area (Å²) in [5.74, 6) is -0.996. The quantitative estimate of drug-likeness (QED) is 0.558. The molecule has 0 spiro atoms. The summed E-state index contributed by atoms with van der Waals surface area (Å²) in [5.41, 5.74) is 2.45. The summed E-state index contributed by atoms with van der Waals surface area (Å²) in [5, 5.41) is 0. The van der Waals surface area contributed by atoms with E-state index in [0.717, 1.165) is 11.8 Å². The molecule has 0 atom stereocenters. The summed E-state index contributed by atoms with van der Waals surface area (Å²) < 4.78 is 27.6. The number of ketones is 1. The van der Waals surface area contributed by atoms with Crippen molar-refractivity contribution in [3.63, 3.8) is 0 Å². The Morgan fingerprint density at radius 2 is 1.41 bits per heavy atom. The van der Waals surface area contributed by atoms with Crippen LogP contribution in [0.3, 0.4) is 0 Å². The Morgan fingerprint density at radius 1 is 0.889 bits per heavy atom. The minimum atomic E-state index is -3.14. The van der Waals surface area contributed by atoms with E-state index in [2.05, 4.69) is 20.8 Å². The van der Waals surface area contributed by atoms with Gasteiger partial charge in [0, 0.05) is 11.8 Å². The highest BCUT2D eigenvalue weighted by Crippen LogP contribution is 2.22. The maximum atomic E-state index is 12.2. The second-order valence-corrected chi connectivity index (χ2v) is 9.73. The van der Waals surface area contributed by atoms with Crippen LogP contribution in [-0.4, -0.2) is 33.0 Å². The highest BCUT2D eigenvalue weighted by atomic mass is 32.2. The molecule has 0 fully saturated rings. The molecule has 5 nitrogen and oxygen atoms in total. The van der Waals surface area contributed by atoms with Crippen LogP contribution >= 0.6 is 0 Å². The maximum Gasteiger partial charge on any atom is 0.338 e. The largest absolute Gasteiger partial charge is 0.454 e. The summed E-state index contributed by atoms with van der Waals surface area (Å²) >= 11 is 0. The first-order valence-corrected chi connectivity index (χ1v) is 10.6. The second kappa shape index (κ2) is 8.05. The topological polar surface area (TPSA) is 77.5 Å². The molecule has 0 saturated heterocycles. The van der Waals surface area contributed by atoms with Gasteiger partial charge in [0.05, 0.1) is 11.3 Å². The van der Waals surface area contributed by atoms with Gasteiger partial charge in [-0.05, 0) is 28.7 Å². The number of sulfone groups is 1. The fourth-order valence-corrected chi connectivity index (χ4v) is 3.29. The first-order valence-electron chi connectivity index (χ1n) is 8.53. The zero-order valence-electron chi connectivity index (χ0n) is 16.0. The van der Waals surface area contributed by atoms with Crippen LogP contribution in [0.25, 0.3) is 0 Å². The third kappa shape index (κ3) is 6.32. The number of carbonyl (C=O) groups is 2. The molecule has 0 aromatic heterocycles. The van der Waals surface area contributed by atoms with Crippen LogP contribution in [0.15, 0.2) is 48.5 Å². The van der Waals surface area contributed by atoms with E-state index >= 15 is 0 Å². The van der Waals surface area contributed by atoms with Crippen molar-refractivity contribution in [2.24, 2.45) is 0 Å². The number of esters is 1. The molecular formula is C21H24O5S. The molecule has 0 unspecified atom stereocenters. The van der Waals surface area contributed by atoms with Gasteiger partial charge in [0.25, 0.3) is 0 Å². The molecule has 144 valence electrons. The highest BCUT2D eigenvalue weighted by Gasteiger charge is 2.16. The molecule has 0 bridgehead atoms. The molecule has 6 heteroatoms. The number of rotatable bonds is 6. The predicted molar refractivity (Wildman–Crippen MR) is 105 cm³/mol. The smallest absolute Gasteiger partial charge is 0.338 e. The van der Waals surface area contributed by atoms with Crippen LogP contribution in [0.5, 0.6) is 0 Å². The Hall–Kier alpha value is -2.47. The SMILES string of the molecule is CC(C)(C)c1ccc(C(=O)COC(=O)c2ccc(CS(C)(=O)=O)cc2)cc1. The molecule has 0 aliphatic carbocycles. The van der Waals surface area contributed by atoms with Gasteiger partial charge in [-0.25, -0.2) is 13.2 Å². The van der Waals surface area contributed by atoms with Crippen molar-refractivity contribution in [1.82, 2.24) is 0 Å². The van der Waals surface area contributed by atoms with Gasteiger partial charge in [-0.1, -0.05) is 57.2 Å². The van der Waals surface area contributed by atoms with Gasteiger partial charge in [0.2, 0.25) is 0 Å². The first kappa shape index (κ1) is 20.8. The molecule has 2 rings (SSSR count). The third-order valence-electron chi connectivity index (χ3n) is 4.03. The minimum Gasteiger partial charge on any atom is -0.454 e. The van der Waals surface area contributed by atoms with E-state index in [1.165, 1.54) is 12.1 Å². The lowest BCUT2D eigenvalue weighted by Crippen LogP contribution is -2.15. The van der Waals surface area contributed by atoms with Crippen molar-refractivity contribution >= 4 is 21.6 Å². The first-order chi connectivity index (χ1) is 12.5. The van der Waals surface area contributed by atoms with Gasteiger partial charge >= 0.3 is 5.97 Å². The predicted octanol–water partition coefficient (Wildman–Crippen LogP) is 3.57. The van der Waals surface area contributed by atoms with Gasteiger partial charge in [-0.15, -0.1) is 0 Å². The van der Waals surface area contributed by atoms with Crippen molar-refractivity contribution in [3.05, 3.63) is 70.8 Å². The minimum absolute atomic E-state index is 0.00266. The number of ether oxygens (including phenoxy) is 1. The Balaban J connectivity index is 1.95. The van der Waals surface area contributed by atoms with Gasteiger partial charge < -0.3 is 4.74 Å². The van der Waals surface area contributed by atoms with Crippen LogP contribution in [-0.2, 0) is 25.7 Å². The van der Waals surface area contributed by atoms with Gasteiger partial charge in [-0.2, -0.15) is 0 Å². The van der Waals surface area contributed by atoms with Gasteiger partial charge in [-0.3, -0.25) is 4.79 Å². The van der Waals surface area contributed by atoms with E-state index < -0.39 is 15.8 Å². The van der Waals surface area contributed by atoms with Crippen molar-refractivity contribution in [2.75, 3.05) is 12.9 Å². The fourth-order valence-electron chi connectivity index (χ4n) is 2.49. The average molecular weight is 388 g/mol. The van der Waals surface area contributed by atoms with Gasteiger partial charge in [0.1, 0.15) is 0 Å². The normalized spacial score (nSPS) is 11.9. The maximum absolute atomic E-state index is 12.2. The van der Waals surface area contributed by atoms with Gasteiger partial charge in [0.15, 0.2) is 22.2 Å². The summed E-state index contributed by atoms with van der Waals surface area (Å²) in [6.07, 6.45) is 1.15. The monoisotopic (exact) mass is 388 g/mol. The second-order valence-electron chi connectivity index (χ2n) is 7.59. The molecule has 0 aliphatic rings. The lowest BCUT2D eigenvalue weighted by Gasteiger charge is -2.18. The Bertz CT molecular complexity index is 918. The average Bonchev–Trinajstić information content (AvgIpc) is 2.58. The molecule has 0 aliphatic heterocycles. The molecule has 0 heterocycles. The lowest BCUT2D eigenvalue weighted by molar-refractivity contribution is 0.0474. The molecule has 0 amide bonds. The third-order valence-corrected chi connectivity index (χ3v) is 4.88. The Morgan fingerprint density at radius 3 is 1.89 bits per heavy atom. The lowest BCUT2D eigenvalue weighted by atomic mass is 9.86. The number of hydrogen-bond donors (Lipinski definition) is 0. The zero-order chi connectivity index (χ0) is 20.2. The van der Waals surface area contributed by atoms with E-state index in [-0.39, 0.29) is 29.1 Å². The van der Waals surface area contributed by atoms with Crippen LogP contribution in [0, 0.1) is 0 Å². The van der Waals surface area contributed by atoms with E-state index in [4.69, 9.17) is 4.74 Å². The number of Topliss-reactive ketones (excluding diaryl/α,β-unsaturated/α-hetero) is 1. The number of carbonyl (C=O) groups excluding carboxylic acids is 2. The van der Waals surface area contributed by atoms with E-state index in [9.17, 15) is 18.0 Å². The molecule has 0 radical (unpaired) electrons. The number of benzene rings is 2. The molecule has 0 N–H and O–H groups in total. The van der Waals surface area contributed by atoms with E-state index in [1.54, 1.807) is 24.3 Å². The standard InChI is InChI=1S/C21H24O5S/c1-21(2,3)18-11-9-16(10-12-18)19(22)13-26-20(23)17-7-5-15(6-8-17)14-27(4,24)25/h5-12H,13-14H2,1-4H3. The molecule has 27 heavy (non-hydrogen) atoms. The fraction of sp³-hybridized carbons (Fsp3) is 0.333. The van der Waals surface area contributed by atoms with Crippen LogP contribution < -0.4 is 0 Å². The zero-order valence-corrected chi connectivity index (χ0v) is 16.8. The van der Waals surface area contributed by atoms with Crippen molar-refractivity contribution in [1.29, 1.82) is 0 Å². The van der Waals surface area contributed by atoms with Crippen molar-refractivity contribution in [3.8, 4) is 0 Å².